The standard InChI is InChI=1S/C18H34O7/c1-3-5-6-7-8-9-10-11-14(20)24-12-13(19)16-15(21)17(23-4-2)18(22)25-16/h13,15-19,21-22H,3-12H2,1-2H3/t13-,15+,16+,17-,18?/m1/s1. The van der Waals surface area contributed by atoms with Gasteiger partial charge in [-0.15, -0.1) is 0 Å². The van der Waals surface area contributed by atoms with E-state index >= 15 is 0 Å². The van der Waals surface area contributed by atoms with Crippen molar-refractivity contribution in [3.05, 3.63) is 0 Å². The maximum Gasteiger partial charge on any atom is 0.305 e. The molecule has 1 aliphatic heterocycles. The van der Waals surface area contributed by atoms with Crippen LogP contribution in [-0.2, 0) is 19.0 Å². The average Bonchev–Trinajstić information content (AvgIpc) is 2.87. The Bertz CT molecular complexity index is 363. The van der Waals surface area contributed by atoms with Crippen LogP contribution in [0, 0.1) is 0 Å². The molecule has 0 spiro atoms. The summed E-state index contributed by atoms with van der Waals surface area (Å²) in [4.78, 5) is 11.7. The third-order valence-electron chi connectivity index (χ3n) is 4.39. The van der Waals surface area contributed by atoms with Gasteiger partial charge in [-0.25, -0.2) is 0 Å². The van der Waals surface area contributed by atoms with Gasteiger partial charge in [0.15, 0.2) is 6.29 Å². The molecule has 0 aromatic carbocycles. The zero-order valence-electron chi connectivity index (χ0n) is 15.4. The summed E-state index contributed by atoms with van der Waals surface area (Å²) < 4.78 is 15.3. The van der Waals surface area contributed by atoms with E-state index in [4.69, 9.17) is 14.2 Å². The van der Waals surface area contributed by atoms with Crippen LogP contribution in [0.1, 0.15) is 65.2 Å². The van der Waals surface area contributed by atoms with Gasteiger partial charge in [-0.1, -0.05) is 45.4 Å². The summed E-state index contributed by atoms with van der Waals surface area (Å²) in [6.45, 7) is 3.94. The molecule has 148 valence electrons. The first-order valence-electron chi connectivity index (χ1n) is 9.48. The Morgan fingerprint density at radius 1 is 1.08 bits per heavy atom. The number of carbonyl (C=O) groups excluding carboxylic acids is 1. The number of rotatable bonds is 13. The van der Waals surface area contributed by atoms with E-state index in [1.165, 1.54) is 25.7 Å². The van der Waals surface area contributed by atoms with Crippen molar-refractivity contribution in [2.75, 3.05) is 13.2 Å². The van der Waals surface area contributed by atoms with Crippen LogP contribution in [0.4, 0.5) is 0 Å². The van der Waals surface area contributed by atoms with E-state index in [-0.39, 0.29) is 12.6 Å². The molecule has 1 heterocycles. The van der Waals surface area contributed by atoms with Crippen LogP contribution in [0.5, 0.6) is 0 Å². The quantitative estimate of drug-likeness (QED) is 0.337. The van der Waals surface area contributed by atoms with E-state index in [1.54, 1.807) is 6.92 Å². The van der Waals surface area contributed by atoms with E-state index in [0.717, 1.165) is 19.3 Å². The minimum Gasteiger partial charge on any atom is -0.463 e. The number of aliphatic hydroxyl groups is 3. The Kier molecular flexibility index (Phi) is 11.2. The number of hydrogen-bond donors (Lipinski definition) is 3. The average molecular weight is 362 g/mol. The first-order valence-corrected chi connectivity index (χ1v) is 9.48. The van der Waals surface area contributed by atoms with Crippen molar-refractivity contribution < 1.29 is 34.3 Å². The van der Waals surface area contributed by atoms with E-state index < -0.39 is 30.7 Å². The molecule has 1 saturated heterocycles. The van der Waals surface area contributed by atoms with Crippen molar-refractivity contribution in [1.82, 2.24) is 0 Å². The van der Waals surface area contributed by atoms with Crippen molar-refractivity contribution in [1.29, 1.82) is 0 Å². The summed E-state index contributed by atoms with van der Waals surface area (Å²) in [6, 6.07) is 0. The number of aliphatic hydroxyl groups excluding tert-OH is 3. The highest BCUT2D eigenvalue weighted by atomic mass is 16.7. The van der Waals surface area contributed by atoms with Gasteiger partial charge in [-0.3, -0.25) is 4.79 Å². The molecule has 1 fully saturated rings. The van der Waals surface area contributed by atoms with Gasteiger partial charge >= 0.3 is 5.97 Å². The molecule has 0 amide bonds. The van der Waals surface area contributed by atoms with Crippen molar-refractivity contribution in [3.63, 3.8) is 0 Å². The molecule has 0 saturated carbocycles. The van der Waals surface area contributed by atoms with Crippen LogP contribution >= 0.6 is 0 Å². The lowest BCUT2D eigenvalue weighted by atomic mass is 10.1. The fourth-order valence-electron chi connectivity index (χ4n) is 2.94. The molecule has 7 heteroatoms. The second-order valence-electron chi connectivity index (χ2n) is 6.52. The molecule has 0 radical (unpaired) electrons. The maximum absolute atomic E-state index is 11.7. The second kappa shape index (κ2) is 12.6. The zero-order chi connectivity index (χ0) is 18.7. The monoisotopic (exact) mass is 362 g/mol. The Hall–Kier alpha value is -0.730. The van der Waals surface area contributed by atoms with E-state index in [2.05, 4.69) is 6.92 Å². The summed E-state index contributed by atoms with van der Waals surface area (Å²) in [5, 5.41) is 29.8. The molecular formula is C18H34O7. The predicted octanol–water partition coefficient (Wildman–Crippen LogP) is 1.51. The Morgan fingerprint density at radius 2 is 1.72 bits per heavy atom. The Labute approximate surface area is 150 Å². The highest BCUT2D eigenvalue weighted by molar-refractivity contribution is 5.69. The fourth-order valence-corrected chi connectivity index (χ4v) is 2.94. The lowest BCUT2D eigenvalue weighted by molar-refractivity contribution is -0.166. The number of esters is 1. The molecule has 7 nitrogen and oxygen atoms in total. The van der Waals surface area contributed by atoms with Gasteiger partial charge in [0.2, 0.25) is 0 Å². The fraction of sp³-hybridized carbons (Fsp3) is 0.944. The minimum atomic E-state index is -1.31. The molecule has 0 aromatic heterocycles. The molecule has 3 N–H and O–H groups in total. The van der Waals surface area contributed by atoms with Crippen LogP contribution in [0.3, 0.4) is 0 Å². The highest BCUT2D eigenvalue weighted by Gasteiger charge is 2.47. The van der Waals surface area contributed by atoms with E-state index in [9.17, 15) is 20.1 Å². The van der Waals surface area contributed by atoms with E-state index in [1.807, 2.05) is 0 Å². The molecule has 1 unspecified atom stereocenters. The largest absolute Gasteiger partial charge is 0.463 e. The van der Waals surface area contributed by atoms with Gasteiger partial charge in [0.25, 0.3) is 0 Å². The first kappa shape index (κ1) is 22.3. The van der Waals surface area contributed by atoms with Crippen molar-refractivity contribution in [2.45, 2.75) is 95.9 Å². The summed E-state index contributed by atoms with van der Waals surface area (Å²) in [6.07, 6.45) is 2.47. The van der Waals surface area contributed by atoms with E-state index in [0.29, 0.717) is 13.0 Å². The van der Waals surface area contributed by atoms with Gasteiger partial charge in [-0.05, 0) is 13.3 Å². The number of carbonyl (C=O) groups is 1. The van der Waals surface area contributed by atoms with Gasteiger partial charge in [0.05, 0.1) is 0 Å². The summed E-state index contributed by atoms with van der Waals surface area (Å²) in [5.74, 6) is -0.373. The predicted molar refractivity (Wildman–Crippen MR) is 91.9 cm³/mol. The molecular weight excluding hydrogens is 328 g/mol. The highest BCUT2D eigenvalue weighted by Crippen LogP contribution is 2.25. The van der Waals surface area contributed by atoms with Crippen molar-refractivity contribution in [2.24, 2.45) is 0 Å². The number of ether oxygens (including phenoxy) is 3. The summed E-state index contributed by atoms with van der Waals surface area (Å²) in [7, 11) is 0. The molecule has 5 atom stereocenters. The number of hydrogen-bond acceptors (Lipinski definition) is 7. The first-order chi connectivity index (χ1) is 12.0. The molecule has 0 aliphatic carbocycles. The molecule has 0 aromatic rings. The van der Waals surface area contributed by atoms with Crippen molar-refractivity contribution >= 4 is 5.97 Å². The van der Waals surface area contributed by atoms with Crippen LogP contribution in [0.15, 0.2) is 0 Å². The normalized spacial score (nSPS) is 27.4. The molecule has 1 rings (SSSR count). The summed E-state index contributed by atoms with van der Waals surface area (Å²) in [5.41, 5.74) is 0. The van der Waals surface area contributed by atoms with Crippen LogP contribution in [0.2, 0.25) is 0 Å². The molecule has 1 aliphatic rings. The van der Waals surface area contributed by atoms with Crippen LogP contribution in [-0.4, -0.2) is 65.2 Å². The van der Waals surface area contributed by atoms with Gasteiger partial charge in [0.1, 0.15) is 31.0 Å². The molecule has 25 heavy (non-hydrogen) atoms. The smallest absolute Gasteiger partial charge is 0.305 e. The third-order valence-corrected chi connectivity index (χ3v) is 4.39. The van der Waals surface area contributed by atoms with Gasteiger partial charge < -0.3 is 29.5 Å². The second-order valence-corrected chi connectivity index (χ2v) is 6.52. The SMILES string of the molecule is CCCCCCCCCC(=O)OC[C@@H](O)[C@@H]1OC(O)[C@H](OCC)[C@H]1O. The van der Waals surface area contributed by atoms with Gasteiger partial charge in [0, 0.05) is 13.0 Å². The maximum atomic E-state index is 11.7. The van der Waals surface area contributed by atoms with Crippen LogP contribution < -0.4 is 0 Å². The summed E-state index contributed by atoms with van der Waals surface area (Å²) >= 11 is 0. The van der Waals surface area contributed by atoms with Crippen molar-refractivity contribution in [3.8, 4) is 0 Å². The lowest BCUT2D eigenvalue weighted by Gasteiger charge is -2.21. The Balaban J connectivity index is 2.16. The minimum absolute atomic E-state index is 0.275. The number of unbranched alkanes of at least 4 members (excludes halogenated alkanes) is 6. The topological polar surface area (TPSA) is 105 Å². The zero-order valence-corrected chi connectivity index (χ0v) is 15.4. The lowest BCUT2D eigenvalue weighted by Crippen LogP contribution is -2.42. The third kappa shape index (κ3) is 8.00. The van der Waals surface area contributed by atoms with Gasteiger partial charge in [-0.2, -0.15) is 0 Å². The molecule has 0 bridgehead atoms. The Morgan fingerprint density at radius 3 is 2.36 bits per heavy atom. The van der Waals surface area contributed by atoms with Crippen LogP contribution in [0.25, 0.3) is 0 Å².